The second-order valence-corrected chi connectivity index (χ2v) is 4.93. The van der Waals surface area contributed by atoms with Gasteiger partial charge >= 0.3 is 6.01 Å². The largest absolute Gasteiger partial charge is 0.401 e. The molecule has 3 rings (SSSR count). The van der Waals surface area contributed by atoms with E-state index in [4.69, 9.17) is 4.42 Å². The molecule has 0 saturated heterocycles. The van der Waals surface area contributed by atoms with E-state index in [9.17, 15) is 14.9 Å². The Hall–Kier alpha value is -3.82. The molecule has 2 aromatic heterocycles. The van der Waals surface area contributed by atoms with E-state index in [1.54, 1.807) is 30.1 Å². The number of non-ortho nitro benzene ring substituents is 1. The summed E-state index contributed by atoms with van der Waals surface area (Å²) < 4.78 is 6.90. The lowest BCUT2D eigenvalue weighted by molar-refractivity contribution is -0.384. The van der Waals surface area contributed by atoms with Crippen molar-refractivity contribution in [2.24, 2.45) is 7.05 Å². The number of aromatic nitrogens is 4. The van der Waals surface area contributed by atoms with Gasteiger partial charge in [0.15, 0.2) is 0 Å². The first-order valence-corrected chi connectivity index (χ1v) is 7.08. The van der Waals surface area contributed by atoms with Gasteiger partial charge in [-0.15, -0.1) is 5.10 Å². The van der Waals surface area contributed by atoms with Gasteiger partial charge in [-0.25, -0.2) is 0 Å². The summed E-state index contributed by atoms with van der Waals surface area (Å²) in [5.74, 6) is -0.287. The highest BCUT2D eigenvalue weighted by Gasteiger charge is 2.12. The van der Waals surface area contributed by atoms with Crippen LogP contribution in [0.15, 0.2) is 47.0 Å². The molecule has 3 aromatic rings. The Labute approximate surface area is 140 Å². The fourth-order valence-electron chi connectivity index (χ4n) is 2.02. The Balaban J connectivity index is 1.67. The summed E-state index contributed by atoms with van der Waals surface area (Å²) in [4.78, 5) is 22.1. The number of nitro benzene ring substituents is 1. The standard InChI is InChI=1S/C15H12N6O4/c1-20-12(7-8-16-20)14-18-19-15(25-14)17-13(22)6-5-10-3-2-4-11(9-10)21(23)24/h2-9H,1H3,(H,17,19,22)/b6-5+. The Kier molecular flexibility index (Phi) is 4.33. The molecule has 0 fully saturated rings. The summed E-state index contributed by atoms with van der Waals surface area (Å²) >= 11 is 0. The zero-order chi connectivity index (χ0) is 17.8. The molecular weight excluding hydrogens is 328 g/mol. The molecule has 10 heteroatoms. The van der Waals surface area contributed by atoms with Crippen molar-refractivity contribution in [3.63, 3.8) is 0 Å². The molecule has 0 spiro atoms. The van der Waals surface area contributed by atoms with E-state index in [0.717, 1.165) is 0 Å². The van der Waals surface area contributed by atoms with Crippen LogP contribution in [0.4, 0.5) is 11.7 Å². The van der Waals surface area contributed by atoms with E-state index < -0.39 is 10.8 Å². The molecule has 0 bridgehead atoms. The van der Waals surface area contributed by atoms with Gasteiger partial charge in [0.1, 0.15) is 5.69 Å². The van der Waals surface area contributed by atoms with Crippen LogP contribution in [0.5, 0.6) is 0 Å². The molecule has 0 unspecified atom stereocenters. The number of carbonyl (C=O) groups excluding carboxylic acids is 1. The van der Waals surface area contributed by atoms with E-state index in [-0.39, 0.29) is 17.6 Å². The first kappa shape index (κ1) is 16.1. The van der Waals surface area contributed by atoms with Crippen molar-refractivity contribution in [1.82, 2.24) is 20.0 Å². The predicted octanol–water partition coefficient (Wildman–Crippen LogP) is 2.03. The molecule has 2 heterocycles. The van der Waals surface area contributed by atoms with E-state index >= 15 is 0 Å². The Morgan fingerprint density at radius 2 is 2.20 bits per heavy atom. The number of nitro groups is 1. The second-order valence-electron chi connectivity index (χ2n) is 4.93. The van der Waals surface area contributed by atoms with Crippen molar-refractivity contribution in [2.45, 2.75) is 0 Å². The first-order chi connectivity index (χ1) is 12.0. The number of hydrogen-bond acceptors (Lipinski definition) is 7. The van der Waals surface area contributed by atoms with E-state index in [1.807, 2.05) is 0 Å². The smallest absolute Gasteiger partial charge is 0.322 e. The van der Waals surface area contributed by atoms with Gasteiger partial charge in [-0.3, -0.25) is 24.9 Å². The summed E-state index contributed by atoms with van der Waals surface area (Å²) in [6.07, 6.45) is 4.24. The number of benzene rings is 1. The highest BCUT2D eigenvalue weighted by Crippen LogP contribution is 2.18. The zero-order valence-corrected chi connectivity index (χ0v) is 13.0. The molecule has 1 N–H and O–H groups in total. The molecule has 25 heavy (non-hydrogen) atoms. The highest BCUT2D eigenvalue weighted by molar-refractivity contribution is 6.00. The highest BCUT2D eigenvalue weighted by atomic mass is 16.6. The lowest BCUT2D eigenvalue weighted by Crippen LogP contribution is -2.07. The summed E-state index contributed by atoms with van der Waals surface area (Å²) in [5, 5.41) is 24.7. The lowest BCUT2D eigenvalue weighted by Gasteiger charge is -1.96. The third-order valence-corrected chi connectivity index (χ3v) is 3.20. The number of aryl methyl sites for hydroxylation is 1. The van der Waals surface area contributed by atoms with Gasteiger partial charge in [0.2, 0.25) is 0 Å². The van der Waals surface area contributed by atoms with Crippen LogP contribution in [-0.4, -0.2) is 30.8 Å². The maximum absolute atomic E-state index is 11.9. The minimum absolute atomic E-state index is 0.0553. The Morgan fingerprint density at radius 3 is 2.92 bits per heavy atom. The van der Waals surface area contributed by atoms with Gasteiger partial charge in [-0.2, -0.15) is 5.10 Å². The summed E-state index contributed by atoms with van der Waals surface area (Å²) in [5.41, 5.74) is 1.07. The van der Waals surface area contributed by atoms with E-state index in [2.05, 4.69) is 20.6 Å². The van der Waals surface area contributed by atoms with Crippen molar-refractivity contribution in [3.8, 4) is 11.6 Å². The van der Waals surface area contributed by atoms with Gasteiger partial charge in [-0.1, -0.05) is 17.2 Å². The van der Waals surface area contributed by atoms with Gasteiger partial charge in [0.25, 0.3) is 17.5 Å². The van der Waals surface area contributed by atoms with Crippen LogP contribution in [0.3, 0.4) is 0 Å². The molecular formula is C15H12N6O4. The minimum Gasteiger partial charge on any atom is -0.401 e. The fraction of sp³-hybridized carbons (Fsp3) is 0.0667. The first-order valence-electron chi connectivity index (χ1n) is 7.08. The Morgan fingerprint density at radius 1 is 1.36 bits per heavy atom. The van der Waals surface area contributed by atoms with Gasteiger partial charge in [-0.05, 0) is 17.7 Å². The average Bonchev–Trinajstić information content (AvgIpc) is 3.22. The van der Waals surface area contributed by atoms with Gasteiger partial charge < -0.3 is 4.42 Å². The molecule has 0 saturated carbocycles. The third kappa shape index (κ3) is 3.75. The molecule has 0 aliphatic carbocycles. The number of nitrogens with zero attached hydrogens (tertiary/aromatic N) is 5. The quantitative estimate of drug-likeness (QED) is 0.427. The van der Waals surface area contributed by atoms with Crippen molar-refractivity contribution in [2.75, 3.05) is 5.32 Å². The fourth-order valence-corrected chi connectivity index (χ4v) is 2.02. The summed E-state index contributed by atoms with van der Waals surface area (Å²) in [7, 11) is 1.72. The molecule has 1 amide bonds. The monoisotopic (exact) mass is 340 g/mol. The number of carbonyl (C=O) groups is 1. The van der Waals surface area contributed by atoms with Crippen LogP contribution < -0.4 is 5.32 Å². The normalized spacial score (nSPS) is 10.9. The second kappa shape index (κ2) is 6.74. The molecule has 10 nitrogen and oxygen atoms in total. The van der Waals surface area contributed by atoms with Crippen LogP contribution in [0.2, 0.25) is 0 Å². The number of amides is 1. The lowest BCUT2D eigenvalue weighted by atomic mass is 10.2. The number of rotatable bonds is 5. The van der Waals surface area contributed by atoms with Crippen LogP contribution in [0.25, 0.3) is 17.7 Å². The predicted molar refractivity (Wildman–Crippen MR) is 87.3 cm³/mol. The van der Waals surface area contributed by atoms with Crippen LogP contribution >= 0.6 is 0 Å². The molecule has 0 aliphatic heterocycles. The van der Waals surface area contributed by atoms with Crippen molar-refractivity contribution in [3.05, 3.63) is 58.3 Å². The SMILES string of the molecule is Cn1nccc1-c1nnc(NC(=O)/C=C/c2cccc([N+](=O)[O-])c2)o1. The minimum atomic E-state index is -0.508. The summed E-state index contributed by atoms with van der Waals surface area (Å²) in [6, 6.07) is 7.54. The van der Waals surface area contributed by atoms with E-state index in [1.165, 1.54) is 30.4 Å². The molecule has 0 atom stereocenters. The van der Waals surface area contributed by atoms with Crippen molar-refractivity contribution in [1.29, 1.82) is 0 Å². The van der Waals surface area contributed by atoms with Crippen LogP contribution in [0.1, 0.15) is 5.56 Å². The third-order valence-electron chi connectivity index (χ3n) is 3.20. The topological polar surface area (TPSA) is 129 Å². The van der Waals surface area contributed by atoms with Crippen molar-refractivity contribution >= 4 is 23.7 Å². The number of anilines is 1. The maximum Gasteiger partial charge on any atom is 0.322 e. The zero-order valence-electron chi connectivity index (χ0n) is 13.0. The van der Waals surface area contributed by atoms with Crippen molar-refractivity contribution < 1.29 is 14.1 Å². The van der Waals surface area contributed by atoms with Gasteiger partial charge in [0, 0.05) is 31.5 Å². The average molecular weight is 340 g/mol. The molecule has 0 aliphatic rings. The van der Waals surface area contributed by atoms with E-state index in [0.29, 0.717) is 11.3 Å². The number of hydrogen-bond donors (Lipinski definition) is 1. The molecule has 1 aromatic carbocycles. The van der Waals surface area contributed by atoms with Gasteiger partial charge in [0.05, 0.1) is 4.92 Å². The number of nitrogens with one attached hydrogen (secondary N) is 1. The molecule has 0 radical (unpaired) electrons. The van der Waals surface area contributed by atoms with Crippen LogP contribution in [0, 0.1) is 10.1 Å². The Bertz CT molecular complexity index is 958. The van der Waals surface area contributed by atoms with Crippen LogP contribution in [-0.2, 0) is 11.8 Å². The molecule has 126 valence electrons. The summed E-state index contributed by atoms with van der Waals surface area (Å²) in [6.45, 7) is 0. The maximum atomic E-state index is 11.9.